The molecule has 2 nitrogen and oxygen atoms in total. The molecule has 1 N–H and O–H groups in total. The lowest BCUT2D eigenvalue weighted by molar-refractivity contribution is 0.415. The Bertz CT molecular complexity index is 509. The molecule has 0 aliphatic heterocycles. The number of methoxy groups -OCH3 is 1. The molecule has 0 saturated carbocycles. The third-order valence-electron chi connectivity index (χ3n) is 2.34. The van der Waals surface area contributed by atoms with Gasteiger partial charge in [-0.3, -0.25) is 0 Å². The summed E-state index contributed by atoms with van der Waals surface area (Å²) < 4.78 is 5.13. The van der Waals surface area contributed by atoms with Crippen LogP contribution < -0.4 is 4.74 Å². The van der Waals surface area contributed by atoms with Gasteiger partial charge in [-0.1, -0.05) is 23.7 Å². The van der Waals surface area contributed by atoms with Crippen molar-refractivity contribution in [1.29, 1.82) is 0 Å². The maximum Gasteiger partial charge on any atom is 0.123 e. The van der Waals surface area contributed by atoms with Crippen LogP contribution in [0.1, 0.15) is 0 Å². The van der Waals surface area contributed by atoms with E-state index in [-0.39, 0.29) is 5.75 Å². The molecule has 0 fully saturated rings. The minimum Gasteiger partial charge on any atom is -0.507 e. The van der Waals surface area contributed by atoms with Crippen molar-refractivity contribution in [2.24, 2.45) is 0 Å². The molecule has 0 heterocycles. The van der Waals surface area contributed by atoms with Gasteiger partial charge in [0.05, 0.1) is 7.11 Å². The molecule has 82 valence electrons. The summed E-state index contributed by atoms with van der Waals surface area (Å²) in [5, 5.41) is 10.3. The van der Waals surface area contributed by atoms with Crippen LogP contribution in [0.2, 0.25) is 5.02 Å². The van der Waals surface area contributed by atoms with Crippen molar-refractivity contribution in [3.8, 4) is 22.6 Å². The molecule has 0 aliphatic carbocycles. The fourth-order valence-corrected chi connectivity index (χ4v) is 1.70. The number of rotatable bonds is 2. The van der Waals surface area contributed by atoms with E-state index >= 15 is 0 Å². The summed E-state index contributed by atoms with van der Waals surface area (Å²) in [6.45, 7) is 0. The fourth-order valence-electron chi connectivity index (χ4n) is 1.53. The Morgan fingerprint density at radius 1 is 1.12 bits per heavy atom. The van der Waals surface area contributed by atoms with Gasteiger partial charge in [0.1, 0.15) is 11.5 Å². The van der Waals surface area contributed by atoms with Crippen molar-refractivity contribution in [2.75, 3.05) is 7.11 Å². The van der Waals surface area contributed by atoms with Crippen molar-refractivity contribution >= 4 is 11.6 Å². The molecule has 0 unspecified atom stereocenters. The quantitative estimate of drug-likeness (QED) is 0.858. The molecule has 16 heavy (non-hydrogen) atoms. The summed E-state index contributed by atoms with van der Waals surface area (Å²) in [6, 6.07) is 12.4. The zero-order chi connectivity index (χ0) is 11.5. The number of phenolic OH excluding ortho intramolecular Hbond substituents is 1. The van der Waals surface area contributed by atoms with Gasteiger partial charge in [-0.15, -0.1) is 0 Å². The second kappa shape index (κ2) is 4.45. The number of benzene rings is 2. The zero-order valence-corrected chi connectivity index (χ0v) is 9.53. The van der Waals surface area contributed by atoms with Gasteiger partial charge < -0.3 is 9.84 Å². The van der Waals surface area contributed by atoms with E-state index in [0.29, 0.717) is 10.6 Å². The van der Waals surface area contributed by atoms with Crippen LogP contribution in [0.15, 0.2) is 42.5 Å². The lowest BCUT2D eigenvalue weighted by Gasteiger charge is -2.07. The molecule has 0 saturated heterocycles. The minimum atomic E-state index is 0.206. The molecule has 0 atom stereocenters. The first kappa shape index (κ1) is 10.8. The highest BCUT2D eigenvalue weighted by Crippen LogP contribution is 2.33. The SMILES string of the molecule is COc1cccc(-c2cc(Cl)ccc2O)c1. The maximum absolute atomic E-state index is 9.75. The highest BCUT2D eigenvalue weighted by Gasteiger charge is 2.05. The third-order valence-corrected chi connectivity index (χ3v) is 2.57. The number of aromatic hydroxyl groups is 1. The molecule has 0 amide bonds. The van der Waals surface area contributed by atoms with Crippen LogP contribution in [0.5, 0.6) is 11.5 Å². The van der Waals surface area contributed by atoms with Gasteiger partial charge in [0.15, 0.2) is 0 Å². The van der Waals surface area contributed by atoms with E-state index in [9.17, 15) is 5.11 Å². The molecule has 0 aliphatic rings. The predicted molar refractivity (Wildman–Crippen MR) is 65.1 cm³/mol. The Kier molecular flexibility index (Phi) is 3.02. The van der Waals surface area contributed by atoms with Crippen LogP contribution in [0.4, 0.5) is 0 Å². The molecule has 0 aromatic heterocycles. The summed E-state index contributed by atoms with van der Waals surface area (Å²) in [7, 11) is 1.61. The first-order valence-electron chi connectivity index (χ1n) is 4.83. The second-order valence-electron chi connectivity index (χ2n) is 3.39. The van der Waals surface area contributed by atoms with Crippen LogP contribution in [-0.2, 0) is 0 Å². The Hall–Kier alpha value is -1.67. The van der Waals surface area contributed by atoms with Crippen molar-refractivity contribution < 1.29 is 9.84 Å². The van der Waals surface area contributed by atoms with Gasteiger partial charge >= 0.3 is 0 Å². The highest BCUT2D eigenvalue weighted by atomic mass is 35.5. The fraction of sp³-hybridized carbons (Fsp3) is 0.0769. The summed E-state index contributed by atoms with van der Waals surface area (Å²) in [4.78, 5) is 0. The topological polar surface area (TPSA) is 29.5 Å². The van der Waals surface area contributed by atoms with Gasteiger partial charge in [0.2, 0.25) is 0 Å². The van der Waals surface area contributed by atoms with Crippen LogP contribution in [-0.4, -0.2) is 12.2 Å². The first-order valence-corrected chi connectivity index (χ1v) is 5.21. The first-order chi connectivity index (χ1) is 7.70. The van der Waals surface area contributed by atoms with E-state index in [1.807, 2.05) is 24.3 Å². The average molecular weight is 235 g/mol. The molecule has 2 rings (SSSR count). The summed E-state index contributed by atoms with van der Waals surface area (Å²) in [6.07, 6.45) is 0. The van der Waals surface area contributed by atoms with E-state index in [1.54, 1.807) is 25.3 Å². The smallest absolute Gasteiger partial charge is 0.123 e. The maximum atomic E-state index is 9.75. The largest absolute Gasteiger partial charge is 0.507 e. The van der Waals surface area contributed by atoms with Gasteiger partial charge in [0.25, 0.3) is 0 Å². The Balaban J connectivity index is 2.53. The van der Waals surface area contributed by atoms with Crippen molar-refractivity contribution in [3.05, 3.63) is 47.5 Å². The standard InChI is InChI=1S/C13H11ClO2/c1-16-11-4-2-3-9(7-11)12-8-10(14)5-6-13(12)15/h2-8,15H,1H3. The van der Waals surface area contributed by atoms with Gasteiger partial charge in [-0.05, 0) is 35.9 Å². The molecule has 0 spiro atoms. The summed E-state index contributed by atoms with van der Waals surface area (Å²) >= 11 is 5.90. The zero-order valence-electron chi connectivity index (χ0n) is 8.77. The van der Waals surface area contributed by atoms with E-state index in [2.05, 4.69) is 0 Å². The Morgan fingerprint density at radius 2 is 1.94 bits per heavy atom. The van der Waals surface area contributed by atoms with Crippen LogP contribution in [0, 0.1) is 0 Å². The van der Waals surface area contributed by atoms with Crippen LogP contribution in [0.3, 0.4) is 0 Å². The molecule has 2 aromatic carbocycles. The number of hydrogen-bond donors (Lipinski definition) is 1. The van der Waals surface area contributed by atoms with Crippen molar-refractivity contribution in [3.63, 3.8) is 0 Å². The van der Waals surface area contributed by atoms with E-state index < -0.39 is 0 Å². The third kappa shape index (κ3) is 2.12. The van der Waals surface area contributed by atoms with Gasteiger partial charge in [0, 0.05) is 10.6 Å². The monoisotopic (exact) mass is 234 g/mol. The predicted octanol–water partition coefficient (Wildman–Crippen LogP) is 3.72. The minimum absolute atomic E-state index is 0.206. The normalized spacial score (nSPS) is 10.1. The summed E-state index contributed by atoms with van der Waals surface area (Å²) in [5.41, 5.74) is 1.57. The Morgan fingerprint density at radius 3 is 2.69 bits per heavy atom. The number of ether oxygens (including phenoxy) is 1. The number of halogens is 1. The number of phenols is 1. The molecule has 0 radical (unpaired) electrons. The number of hydrogen-bond acceptors (Lipinski definition) is 2. The molecule has 3 heteroatoms. The van der Waals surface area contributed by atoms with Crippen molar-refractivity contribution in [2.45, 2.75) is 0 Å². The molecular weight excluding hydrogens is 224 g/mol. The molecule has 0 bridgehead atoms. The van der Waals surface area contributed by atoms with Gasteiger partial charge in [-0.2, -0.15) is 0 Å². The highest BCUT2D eigenvalue weighted by molar-refractivity contribution is 6.31. The average Bonchev–Trinajstić information content (AvgIpc) is 2.32. The molecular formula is C13H11ClO2. The van der Waals surface area contributed by atoms with Crippen molar-refractivity contribution in [1.82, 2.24) is 0 Å². The van der Waals surface area contributed by atoms with Gasteiger partial charge in [-0.25, -0.2) is 0 Å². The second-order valence-corrected chi connectivity index (χ2v) is 3.83. The van der Waals surface area contributed by atoms with Crippen LogP contribution >= 0.6 is 11.6 Å². The van der Waals surface area contributed by atoms with E-state index in [1.165, 1.54) is 0 Å². The Labute approximate surface area is 99.1 Å². The van der Waals surface area contributed by atoms with E-state index in [0.717, 1.165) is 11.3 Å². The summed E-state index contributed by atoms with van der Waals surface area (Å²) in [5.74, 6) is 0.953. The lowest BCUT2D eigenvalue weighted by Crippen LogP contribution is -1.84. The van der Waals surface area contributed by atoms with E-state index in [4.69, 9.17) is 16.3 Å². The van der Waals surface area contributed by atoms with Crippen LogP contribution in [0.25, 0.3) is 11.1 Å². The lowest BCUT2D eigenvalue weighted by atomic mass is 10.0. The molecule has 2 aromatic rings.